The van der Waals surface area contributed by atoms with Crippen LogP contribution in [-0.4, -0.2) is 227 Å². The molecule has 0 amide bonds. The molecule has 81 heavy (non-hydrogen) atoms. The van der Waals surface area contributed by atoms with Crippen LogP contribution in [0.4, 0.5) is 0 Å². The number of esters is 2. The van der Waals surface area contributed by atoms with Crippen molar-refractivity contribution in [3.8, 4) is 0 Å². The van der Waals surface area contributed by atoms with E-state index in [1.54, 1.807) is 39.8 Å². The first-order chi connectivity index (χ1) is 37.9. The number of aliphatic hydroxyl groups excluding tert-OH is 12. The lowest BCUT2D eigenvalue weighted by atomic mass is 9.32. The molecule has 460 valence electrons. The molecular weight excluding hydrogens is 1070 g/mol. The lowest BCUT2D eigenvalue weighted by Crippen LogP contribution is -2.76. The second kappa shape index (κ2) is 23.3. The predicted molar refractivity (Wildman–Crippen MR) is 278 cm³/mol. The fourth-order valence-corrected chi connectivity index (χ4v) is 16.2. The molecule has 4 saturated carbocycles. The Morgan fingerprint density at radius 3 is 1.70 bits per heavy atom. The van der Waals surface area contributed by atoms with Crippen LogP contribution >= 0.6 is 0 Å². The highest BCUT2D eigenvalue weighted by Crippen LogP contribution is 2.76. The smallest absolute Gasteiger partial charge is 0.335 e. The third-order valence-corrected chi connectivity index (χ3v) is 21.5. The highest BCUT2D eigenvalue weighted by molar-refractivity contribution is 5.89. The molecule has 0 spiro atoms. The highest BCUT2D eigenvalue weighted by atomic mass is 16.8. The Kier molecular flexibility index (Phi) is 18.4. The van der Waals surface area contributed by atoms with Crippen molar-refractivity contribution in [2.75, 3.05) is 26.4 Å². The number of carbonyl (C=O) groups is 3. The van der Waals surface area contributed by atoms with Crippen LogP contribution < -0.4 is 0 Å². The molecule has 24 heteroatoms. The van der Waals surface area contributed by atoms with Crippen LogP contribution in [0.1, 0.15) is 108 Å². The number of aliphatic hydroxyl groups is 12. The van der Waals surface area contributed by atoms with Crippen molar-refractivity contribution in [1.29, 1.82) is 0 Å². The lowest BCUT2D eigenvalue weighted by molar-refractivity contribution is -0.387. The van der Waals surface area contributed by atoms with Crippen molar-refractivity contribution >= 4 is 17.9 Å². The van der Waals surface area contributed by atoms with Crippen molar-refractivity contribution in [3.63, 3.8) is 0 Å². The standard InChI is InChI=1S/C57H88O24/c1-11-24(3)47(72)80-44-45(81-48(73)25(4)12-2)57(23-61)27(19-52(44,5)6)26-13-14-31-53(7)17-16-32(54(8,22-60)30(53)15-18-55(31,9)56(26,10)42(68)43(57)69)76-51-41(79-50-37(66)35(64)33(62)28(20-58)74-50)39(38(67)40(78-51)46(70)71)77-49-36(65)34(63)29(21-59)75-49/h11-13,27-45,49-51,58-69H,14-23H2,1-10H3,(H,70,71)/t27?,28?,29-,30?,31?,32-,33+,34+,35+,36?,37?,38-,39+,40?,41?,42-,43+,44-,45-,49-,50-,51+,53-,54+,55+,56-,57-/m0/s1. The average molecular weight is 1160 g/mol. The summed E-state index contributed by atoms with van der Waals surface area (Å²) in [5.41, 5.74) is -5.25. The van der Waals surface area contributed by atoms with Gasteiger partial charge in [-0.1, -0.05) is 65.3 Å². The number of rotatable bonds is 15. The first-order valence-electron chi connectivity index (χ1n) is 28.3. The number of hydrogen-bond donors (Lipinski definition) is 13. The lowest BCUT2D eigenvalue weighted by Gasteiger charge is -2.73. The van der Waals surface area contributed by atoms with Crippen LogP contribution in [0.5, 0.6) is 0 Å². The van der Waals surface area contributed by atoms with Gasteiger partial charge in [0, 0.05) is 27.4 Å². The highest BCUT2D eigenvalue weighted by Gasteiger charge is 2.77. The van der Waals surface area contributed by atoms with E-state index < -0.39 is 205 Å². The number of carboxylic acid groups (broad SMARTS) is 1. The van der Waals surface area contributed by atoms with E-state index in [0.29, 0.717) is 31.3 Å². The van der Waals surface area contributed by atoms with Gasteiger partial charge in [0.05, 0.1) is 50.2 Å². The fraction of sp³-hybridized carbons (Fsp3) is 0.842. The average Bonchev–Trinajstić information content (AvgIpc) is 1.99. The van der Waals surface area contributed by atoms with Gasteiger partial charge in [-0.3, -0.25) is 0 Å². The Balaban J connectivity index is 1.15. The molecule has 0 radical (unpaired) electrons. The first kappa shape index (κ1) is 63.9. The van der Waals surface area contributed by atoms with Gasteiger partial charge in [-0.15, -0.1) is 0 Å². The van der Waals surface area contributed by atoms with E-state index >= 15 is 0 Å². The first-order valence-corrected chi connectivity index (χ1v) is 28.3. The van der Waals surface area contributed by atoms with Gasteiger partial charge in [0.2, 0.25) is 0 Å². The summed E-state index contributed by atoms with van der Waals surface area (Å²) in [4.78, 5) is 40.4. The number of allylic oxidation sites excluding steroid dienone is 3. The molecule has 27 atom stereocenters. The molecule has 8 aliphatic rings. The molecule has 13 N–H and O–H groups in total. The van der Waals surface area contributed by atoms with Crippen molar-refractivity contribution in [2.45, 2.75) is 224 Å². The molecule has 8 rings (SSSR count). The zero-order valence-corrected chi connectivity index (χ0v) is 47.8. The van der Waals surface area contributed by atoms with Crippen LogP contribution in [0.3, 0.4) is 0 Å². The third kappa shape index (κ3) is 9.98. The summed E-state index contributed by atoms with van der Waals surface area (Å²) in [6.45, 7) is 15.3. The summed E-state index contributed by atoms with van der Waals surface area (Å²) in [7, 11) is 0. The van der Waals surface area contributed by atoms with Gasteiger partial charge in [-0.2, -0.15) is 0 Å². The van der Waals surface area contributed by atoms with Crippen LogP contribution in [0, 0.1) is 50.2 Å². The largest absolute Gasteiger partial charge is 0.479 e. The normalized spacial score (nSPS) is 49.8. The molecular formula is C57H88O24. The summed E-state index contributed by atoms with van der Waals surface area (Å²) in [5, 5.41) is 146. The molecule has 3 saturated heterocycles. The summed E-state index contributed by atoms with van der Waals surface area (Å²) >= 11 is 0. The Morgan fingerprint density at radius 2 is 1.17 bits per heavy atom. The Labute approximate surface area is 471 Å². The van der Waals surface area contributed by atoms with E-state index in [1.165, 1.54) is 0 Å². The predicted octanol–water partition coefficient (Wildman–Crippen LogP) is -0.765. The van der Waals surface area contributed by atoms with E-state index in [1.807, 2.05) is 27.7 Å². The molecule has 7 fully saturated rings. The molecule has 8 unspecified atom stereocenters. The van der Waals surface area contributed by atoms with Crippen molar-refractivity contribution < 1.29 is 119 Å². The second-order valence-corrected chi connectivity index (χ2v) is 25.9. The maximum absolute atomic E-state index is 13.9. The third-order valence-electron chi connectivity index (χ3n) is 21.5. The number of carboxylic acids is 1. The van der Waals surface area contributed by atoms with Gasteiger partial charge in [-0.05, 0) is 94.8 Å². The second-order valence-electron chi connectivity index (χ2n) is 25.9. The Bertz CT molecular complexity index is 2410. The Morgan fingerprint density at radius 1 is 0.630 bits per heavy atom. The van der Waals surface area contributed by atoms with E-state index in [2.05, 4.69) is 19.9 Å². The minimum atomic E-state index is -2.18. The van der Waals surface area contributed by atoms with Gasteiger partial charge in [-0.25, -0.2) is 14.4 Å². The zero-order valence-electron chi connectivity index (χ0n) is 47.8. The summed E-state index contributed by atoms with van der Waals surface area (Å²) < 4.78 is 48.8. The number of carbonyl (C=O) groups excluding carboxylic acids is 2. The van der Waals surface area contributed by atoms with Crippen LogP contribution in [0.15, 0.2) is 34.9 Å². The molecule has 5 aliphatic carbocycles. The van der Waals surface area contributed by atoms with Gasteiger partial charge in [0.15, 0.2) is 31.1 Å². The van der Waals surface area contributed by atoms with Gasteiger partial charge in [0.25, 0.3) is 0 Å². The van der Waals surface area contributed by atoms with Crippen molar-refractivity contribution in [3.05, 3.63) is 34.9 Å². The number of hydrogen-bond acceptors (Lipinski definition) is 23. The number of aliphatic carboxylic acids is 1. The van der Waals surface area contributed by atoms with Crippen molar-refractivity contribution in [1.82, 2.24) is 0 Å². The quantitative estimate of drug-likeness (QED) is 0.0415. The summed E-state index contributed by atoms with van der Waals surface area (Å²) in [6, 6.07) is 0. The molecule has 24 nitrogen and oxygen atoms in total. The molecule has 3 heterocycles. The summed E-state index contributed by atoms with van der Waals surface area (Å²) in [5.74, 6) is -4.48. The topological polar surface area (TPSA) is 388 Å². The minimum Gasteiger partial charge on any atom is -0.479 e. The molecule has 0 bridgehead atoms. The van der Waals surface area contributed by atoms with Gasteiger partial charge in [0.1, 0.15) is 67.1 Å². The van der Waals surface area contributed by atoms with E-state index in [9.17, 15) is 80.8 Å². The van der Waals surface area contributed by atoms with Gasteiger partial charge < -0.3 is 104 Å². The number of ether oxygens (including phenoxy) is 8. The van der Waals surface area contributed by atoms with Gasteiger partial charge >= 0.3 is 17.9 Å². The molecule has 3 aliphatic heterocycles. The van der Waals surface area contributed by atoms with E-state index in [4.69, 9.17) is 37.9 Å². The SMILES string of the molecule is CC=C(C)C(=O)O[C@H]1[C@H](OC(=O)C(C)=CC)[C@@]2(CO)C(CC1(C)C)C1=CCC3[C@@]4(C)CC[C@H](O[C@@H]5OC(C(=O)O)[C@@H](O)[C@@H](O[C@@H]6O[C@@H](CO)[C@@H](O)C6O)C5O[C@@H]5OC(CO)[C@@H](O)[C@@H](O)C5O)[C@](C)(CO)C4CC[C@@]3(C)[C@]1(C)[C@@H](O)[C@H]2O. The molecule has 0 aromatic heterocycles. The number of fused-ring (bicyclic) bond motifs is 7. The van der Waals surface area contributed by atoms with E-state index in [-0.39, 0.29) is 24.3 Å². The van der Waals surface area contributed by atoms with E-state index in [0.717, 1.165) is 5.57 Å². The van der Waals surface area contributed by atoms with Crippen molar-refractivity contribution in [2.24, 2.45) is 50.2 Å². The van der Waals surface area contributed by atoms with Crippen LogP contribution in [-0.2, 0) is 52.3 Å². The zero-order chi connectivity index (χ0) is 60.0. The monoisotopic (exact) mass is 1160 g/mol. The summed E-state index contributed by atoms with van der Waals surface area (Å²) in [6.07, 6.45) is -25.7. The minimum absolute atomic E-state index is 0.165. The maximum atomic E-state index is 13.9. The Hall–Kier alpha value is -3.09. The van der Waals surface area contributed by atoms with Crippen LogP contribution in [0.25, 0.3) is 0 Å². The molecule has 0 aromatic rings. The fourth-order valence-electron chi connectivity index (χ4n) is 16.2. The molecule has 0 aromatic carbocycles. The maximum Gasteiger partial charge on any atom is 0.335 e. The van der Waals surface area contributed by atoms with Crippen LogP contribution in [0.2, 0.25) is 0 Å².